The molecule has 5 heteroatoms. The third kappa shape index (κ3) is 3.16. The summed E-state index contributed by atoms with van der Waals surface area (Å²) in [5, 5.41) is 7.33. The minimum Gasteiger partial charge on any atom is -0.331 e. The van der Waals surface area contributed by atoms with Crippen molar-refractivity contribution in [2.45, 2.75) is 26.8 Å². The maximum absolute atomic E-state index is 4.56. The van der Waals surface area contributed by atoms with Gasteiger partial charge in [0.05, 0.1) is 11.4 Å². The molecule has 0 aliphatic rings. The Kier molecular flexibility index (Phi) is 4.35. The third-order valence-electron chi connectivity index (χ3n) is 4.70. The van der Waals surface area contributed by atoms with E-state index >= 15 is 0 Å². The molecule has 4 aromatic rings. The molecule has 130 valence electrons. The lowest BCUT2D eigenvalue weighted by Crippen LogP contribution is -2.04. The van der Waals surface area contributed by atoms with Crippen LogP contribution in [-0.4, -0.2) is 24.7 Å². The van der Waals surface area contributed by atoms with Gasteiger partial charge >= 0.3 is 0 Å². The SMILES string of the molecule is Cc1n[nH]c(C)c1CCn1ccnc1-c1ccc(-c2ccccn2)cc1. The van der Waals surface area contributed by atoms with E-state index in [1.807, 2.05) is 43.7 Å². The summed E-state index contributed by atoms with van der Waals surface area (Å²) >= 11 is 0. The van der Waals surface area contributed by atoms with E-state index in [4.69, 9.17) is 0 Å². The van der Waals surface area contributed by atoms with Crippen LogP contribution in [0.25, 0.3) is 22.6 Å². The number of aryl methyl sites for hydroxylation is 3. The van der Waals surface area contributed by atoms with E-state index in [-0.39, 0.29) is 0 Å². The summed E-state index contributed by atoms with van der Waals surface area (Å²) in [6.45, 7) is 4.99. The molecule has 0 aliphatic heterocycles. The summed E-state index contributed by atoms with van der Waals surface area (Å²) in [5.74, 6) is 0.983. The monoisotopic (exact) mass is 343 g/mol. The second-order valence-corrected chi connectivity index (χ2v) is 6.40. The molecule has 0 saturated carbocycles. The van der Waals surface area contributed by atoms with Crippen molar-refractivity contribution in [2.24, 2.45) is 0 Å². The predicted molar refractivity (Wildman–Crippen MR) is 103 cm³/mol. The topological polar surface area (TPSA) is 59.4 Å². The summed E-state index contributed by atoms with van der Waals surface area (Å²) in [6.07, 6.45) is 6.64. The van der Waals surface area contributed by atoms with Gasteiger partial charge in [0.1, 0.15) is 5.82 Å². The van der Waals surface area contributed by atoms with E-state index in [1.165, 1.54) is 5.56 Å². The van der Waals surface area contributed by atoms with Crippen molar-refractivity contribution < 1.29 is 0 Å². The summed E-state index contributed by atoms with van der Waals surface area (Å²) in [4.78, 5) is 8.96. The number of benzene rings is 1. The van der Waals surface area contributed by atoms with Gasteiger partial charge in [-0.25, -0.2) is 4.98 Å². The lowest BCUT2D eigenvalue weighted by Gasteiger charge is -2.09. The Bertz CT molecular complexity index is 977. The van der Waals surface area contributed by atoms with Gasteiger partial charge in [-0.3, -0.25) is 10.1 Å². The molecular formula is C21H21N5. The maximum atomic E-state index is 4.56. The van der Waals surface area contributed by atoms with Gasteiger partial charge in [-0.1, -0.05) is 30.3 Å². The number of rotatable bonds is 5. The quantitative estimate of drug-likeness (QED) is 0.591. The highest BCUT2D eigenvalue weighted by molar-refractivity contribution is 5.65. The summed E-state index contributed by atoms with van der Waals surface area (Å²) in [6, 6.07) is 14.4. The van der Waals surface area contributed by atoms with Crippen LogP contribution in [0.4, 0.5) is 0 Å². The standard InChI is InChI=1S/C21H21N5/c1-15-19(16(2)25-24-15)10-13-26-14-12-23-21(26)18-8-6-17(7-9-18)20-5-3-4-11-22-20/h3-9,11-12,14H,10,13H2,1-2H3,(H,24,25). The highest BCUT2D eigenvalue weighted by Gasteiger charge is 2.10. The van der Waals surface area contributed by atoms with Gasteiger partial charge in [0.2, 0.25) is 0 Å². The van der Waals surface area contributed by atoms with Crippen molar-refractivity contribution in [1.82, 2.24) is 24.7 Å². The number of hydrogen-bond donors (Lipinski definition) is 1. The molecule has 0 radical (unpaired) electrons. The summed E-state index contributed by atoms with van der Waals surface area (Å²) in [5.41, 5.74) is 6.70. The molecule has 0 fully saturated rings. The second kappa shape index (κ2) is 6.96. The lowest BCUT2D eigenvalue weighted by atomic mass is 10.1. The third-order valence-corrected chi connectivity index (χ3v) is 4.70. The van der Waals surface area contributed by atoms with Crippen molar-refractivity contribution in [1.29, 1.82) is 0 Å². The molecule has 0 spiro atoms. The van der Waals surface area contributed by atoms with Gasteiger partial charge in [-0.15, -0.1) is 0 Å². The second-order valence-electron chi connectivity index (χ2n) is 6.40. The normalized spacial score (nSPS) is 11.0. The molecule has 1 N–H and O–H groups in total. The van der Waals surface area contributed by atoms with Gasteiger partial charge in [0, 0.05) is 42.0 Å². The van der Waals surface area contributed by atoms with Crippen LogP contribution in [0.3, 0.4) is 0 Å². The molecule has 3 aromatic heterocycles. The number of aromatic nitrogens is 5. The number of H-pyrrole nitrogens is 1. The summed E-state index contributed by atoms with van der Waals surface area (Å²) < 4.78 is 2.20. The Balaban J connectivity index is 1.55. The number of nitrogens with zero attached hydrogens (tertiary/aromatic N) is 4. The minimum atomic E-state index is 0.874. The van der Waals surface area contributed by atoms with Crippen molar-refractivity contribution in [3.63, 3.8) is 0 Å². The van der Waals surface area contributed by atoms with Gasteiger partial charge in [0.25, 0.3) is 0 Å². The molecule has 0 bridgehead atoms. The molecule has 0 aliphatic carbocycles. The molecule has 0 atom stereocenters. The Hall–Kier alpha value is -3.21. The Morgan fingerprint density at radius 3 is 2.42 bits per heavy atom. The van der Waals surface area contributed by atoms with Crippen LogP contribution >= 0.6 is 0 Å². The zero-order valence-electron chi connectivity index (χ0n) is 15.0. The van der Waals surface area contributed by atoms with Crippen LogP contribution in [0.1, 0.15) is 17.0 Å². The van der Waals surface area contributed by atoms with E-state index in [1.54, 1.807) is 0 Å². The molecule has 0 unspecified atom stereocenters. The molecule has 3 heterocycles. The van der Waals surface area contributed by atoms with Gasteiger partial charge in [0.15, 0.2) is 0 Å². The molecule has 4 rings (SSSR count). The average molecular weight is 343 g/mol. The van der Waals surface area contributed by atoms with E-state index in [0.29, 0.717) is 0 Å². The van der Waals surface area contributed by atoms with Crippen LogP contribution in [0.2, 0.25) is 0 Å². The fourth-order valence-corrected chi connectivity index (χ4v) is 3.25. The largest absolute Gasteiger partial charge is 0.331 e. The first-order valence-corrected chi connectivity index (χ1v) is 8.76. The van der Waals surface area contributed by atoms with Crippen molar-refractivity contribution in [3.8, 4) is 22.6 Å². The Morgan fingerprint density at radius 1 is 0.923 bits per heavy atom. The van der Waals surface area contributed by atoms with Crippen LogP contribution in [0, 0.1) is 13.8 Å². The highest BCUT2D eigenvalue weighted by atomic mass is 15.1. The molecule has 26 heavy (non-hydrogen) atoms. The van der Waals surface area contributed by atoms with Gasteiger partial charge < -0.3 is 4.57 Å². The smallest absolute Gasteiger partial charge is 0.139 e. The van der Waals surface area contributed by atoms with Gasteiger partial charge in [-0.05, 0) is 38.0 Å². The molecular weight excluding hydrogens is 322 g/mol. The average Bonchev–Trinajstić information content (AvgIpc) is 3.28. The number of pyridine rings is 1. The van der Waals surface area contributed by atoms with E-state index in [0.717, 1.165) is 47.0 Å². The first-order chi connectivity index (χ1) is 12.7. The fraction of sp³-hybridized carbons (Fsp3) is 0.190. The number of hydrogen-bond acceptors (Lipinski definition) is 3. The van der Waals surface area contributed by atoms with Crippen molar-refractivity contribution >= 4 is 0 Å². The van der Waals surface area contributed by atoms with Crippen LogP contribution in [0.15, 0.2) is 61.1 Å². The maximum Gasteiger partial charge on any atom is 0.139 e. The van der Waals surface area contributed by atoms with Crippen molar-refractivity contribution in [3.05, 3.63) is 78.0 Å². The first kappa shape index (κ1) is 16.3. The van der Waals surface area contributed by atoms with Crippen LogP contribution in [-0.2, 0) is 13.0 Å². The van der Waals surface area contributed by atoms with Gasteiger partial charge in [-0.2, -0.15) is 5.10 Å². The number of aromatic amines is 1. The Labute approximate surface area is 152 Å². The van der Waals surface area contributed by atoms with Crippen LogP contribution in [0.5, 0.6) is 0 Å². The number of imidazole rings is 1. The zero-order valence-corrected chi connectivity index (χ0v) is 15.0. The lowest BCUT2D eigenvalue weighted by molar-refractivity contribution is 0.699. The van der Waals surface area contributed by atoms with Crippen molar-refractivity contribution in [2.75, 3.05) is 0 Å². The first-order valence-electron chi connectivity index (χ1n) is 8.76. The zero-order chi connectivity index (χ0) is 17.9. The van der Waals surface area contributed by atoms with Crippen LogP contribution < -0.4 is 0 Å². The minimum absolute atomic E-state index is 0.874. The molecule has 1 aromatic carbocycles. The molecule has 0 amide bonds. The predicted octanol–water partition coefficient (Wildman–Crippen LogP) is 4.19. The van der Waals surface area contributed by atoms with E-state index in [9.17, 15) is 0 Å². The fourth-order valence-electron chi connectivity index (χ4n) is 3.25. The Morgan fingerprint density at radius 2 is 1.73 bits per heavy atom. The molecule has 5 nitrogen and oxygen atoms in total. The van der Waals surface area contributed by atoms with E-state index < -0.39 is 0 Å². The highest BCUT2D eigenvalue weighted by Crippen LogP contribution is 2.23. The number of nitrogens with one attached hydrogen (secondary N) is 1. The molecule has 0 saturated heterocycles. The summed E-state index contributed by atoms with van der Waals surface area (Å²) in [7, 11) is 0. The van der Waals surface area contributed by atoms with E-state index in [2.05, 4.69) is 55.9 Å².